The number of unbranched alkanes of at least 4 members (excludes halogenated alkanes) is 3. The average Bonchev–Trinajstić information content (AvgIpc) is 2.96. The zero-order valence-electron chi connectivity index (χ0n) is 13.6. The number of rotatable bonds is 11. The lowest BCUT2D eigenvalue weighted by molar-refractivity contribution is 0.449. The van der Waals surface area contributed by atoms with Crippen LogP contribution in [0.15, 0.2) is 28.7 Å². The van der Waals surface area contributed by atoms with Gasteiger partial charge in [0.25, 0.3) is 0 Å². The third-order valence-corrected chi connectivity index (χ3v) is 6.94. The summed E-state index contributed by atoms with van der Waals surface area (Å²) in [6.07, 6.45) is 17.1. The van der Waals surface area contributed by atoms with Crippen molar-refractivity contribution in [3.05, 3.63) is 24.0 Å². The smallest absolute Gasteiger partial charge is 0.133 e. The Morgan fingerprint density at radius 2 is 1.70 bits per heavy atom. The highest BCUT2D eigenvalue weighted by atomic mass is 31.2. The summed E-state index contributed by atoms with van der Waals surface area (Å²) < 4.78 is 11.6. The van der Waals surface area contributed by atoms with Crippen molar-refractivity contribution >= 4 is 7.28 Å². The standard InChI is InChI=1S/C17H32NOP/c1-4-7-14-18-20(15-8-5-2,16-9-6-3)19-17-12-10-11-13-17/h10-12H,4-9,13-16H2,1-3H3. The Labute approximate surface area is 125 Å². The van der Waals surface area contributed by atoms with Crippen LogP contribution >= 0.6 is 7.28 Å². The molecule has 0 aromatic rings. The van der Waals surface area contributed by atoms with E-state index in [0.29, 0.717) is 0 Å². The molecule has 0 fully saturated rings. The van der Waals surface area contributed by atoms with Crippen molar-refractivity contribution < 1.29 is 4.52 Å². The van der Waals surface area contributed by atoms with E-state index in [1.807, 2.05) is 0 Å². The molecule has 1 aliphatic carbocycles. The van der Waals surface area contributed by atoms with Crippen LogP contribution in [0.2, 0.25) is 0 Å². The zero-order valence-corrected chi connectivity index (χ0v) is 14.5. The quantitative estimate of drug-likeness (QED) is 0.321. The van der Waals surface area contributed by atoms with E-state index in [1.54, 1.807) is 0 Å². The van der Waals surface area contributed by atoms with E-state index in [9.17, 15) is 0 Å². The fraction of sp³-hybridized carbons (Fsp3) is 0.765. The summed E-state index contributed by atoms with van der Waals surface area (Å²) in [4.78, 5) is 0. The fourth-order valence-electron chi connectivity index (χ4n) is 2.31. The maximum atomic E-state index is 6.49. The van der Waals surface area contributed by atoms with Crippen LogP contribution in [0.1, 0.15) is 65.7 Å². The summed E-state index contributed by atoms with van der Waals surface area (Å²) in [7, 11) is -1.59. The summed E-state index contributed by atoms with van der Waals surface area (Å²) in [5.41, 5.74) is 0. The SMILES string of the molecule is CCCCN=P(CCCC)(CCCC)OC1=CC=CC1. The molecule has 0 N–H and O–H groups in total. The number of nitrogens with zero attached hydrogens (tertiary/aromatic N) is 1. The average molecular weight is 297 g/mol. The first kappa shape index (κ1) is 17.6. The monoisotopic (exact) mass is 297 g/mol. The first-order chi connectivity index (χ1) is 9.76. The molecule has 116 valence electrons. The minimum absolute atomic E-state index is 0.962. The molecule has 0 aromatic heterocycles. The predicted octanol–water partition coefficient (Wildman–Crippen LogP) is 6.36. The molecule has 20 heavy (non-hydrogen) atoms. The van der Waals surface area contributed by atoms with Crippen molar-refractivity contribution in [3.8, 4) is 0 Å². The lowest BCUT2D eigenvalue weighted by atomic mass is 10.3. The van der Waals surface area contributed by atoms with Gasteiger partial charge >= 0.3 is 0 Å². The Hall–Kier alpha value is -0.490. The van der Waals surface area contributed by atoms with Gasteiger partial charge in [0.05, 0.1) is 0 Å². The normalized spacial score (nSPS) is 14.4. The van der Waals surface area contributed by atoms with Crippen molar-refractivity contribution in [1.82, 2.24) is 0 Å². The molecule has 1 aliphatic rings. The van der Waals surface area contributed by atoms with E-state index in [0.717, 1.165) is 18.7 Å². The minimum atomic E-state index is -1.59. The van der Waals surface area contributed by atoms with E-state index in [4.69, 9.17) is 9.27 Å². The van der Waals surface area contributed by atoms with Crippen LogP contribution in [0, 0.1) is 0 Å². The highest BCUT2D eigenvalue weighted by Crippen LogP contribution is 2.55. The van der Waals surface area contributed by atoms with Crippen molar-refractivity contribution in [1.29, 1.82) is 0 Å². The molecular formula is C17H32NOP. The van der Waals surface area contributed by atoms with Crippen LogP contribution in [-0.4, -0.2) is 18.9 Å². The molecule has 0 spiro atoms. The highest BCUT2D eigenvalue weighted by Gasteiger charge is 2.22. The van der Waals surface area contributed by atoms with Gasteiger partial charge in [0.1, 0.15) is 13.0 Å². The maximum absolute atomic E-state index is 6.49. The molecule has 0 bridgehead atoms. The third kappa shape index (κ3) is 6.31. The molecule has 0 aromatic carbocycles. The Morgan fingerprint density at radius 3 is 2.20 bits per heavy atom. The molecule has 0 saturated heterocycles. The van der Waals surface area contributed by atoms with Gasteiger partial charge in [0.2, 0.25) is 0 Å². The minimum Gasteiger partial charge on any atom is -0.464 e. The van der Waals surface area contributed by atoms with Gasteiger partial charge < -0.3 is 4.52 Å². The summed E-state index contributed by atoms with van der Waals surface area (Å²) >= 11 is 0. The first-order valence-electron chi connectivity index (χ1n) is 8.37. The summed E-state index contributed by atoms with van der Waals surface area (Å²) in [6.45, 7) is 7.74. The lowest BCUT2D eigenvalue weighted by Crippen LogP contribution is -2.02. The lowest BCUT2D eigenvalue weighted by Gasteiger charge is -2.26. The fourth-order valence-corrected chi connectivity index (χ4v) is 5.75. The molecule has 0 saturated carbocycles. The van der Waals surface area contributed by atoms with E-state index < -0.39 is 7.28 Å². The van der Waals surface area contributed by atoms with Gasteiger partial charge in [-0.15, -0.1) is 0 Å². The molecule has 1 rings (SSSR count). The molecule has 0 aliphatic heterocycles. The van der Waals surface area contributed by atoms with Gasteiger partial charge in [-0.2, -0.15) is 0 Å². The molecule has 2 nitrogen and oxygen atoms in total. The topological polar surface area (TPSA) is 21.6 Å². The van der Waals surface area contributed by atoms with Crippen molar-refractivity contribution in [2.45, 2.75) is 65.7 Å². The first-order valence-corrected chi connectivity index (χ1v) is 10.4. The van der Waals surface area contributed by atoms with Gasteiger partial charge in [-0.3, -0.25) is 4.74 Å². The predicted molar refractivity (Wildman–Crippen MR) is 91.6 cm³/mol. The second-order valence-electron chi connectivity index (χ2n) is 5.58. The molecular weight excluding hydrogens is 265 g/mol. The van der Waals surface area contributed by atoms with Crippen LogP contribution in [-0.2, 0) is 4.52 Å². The van der Waals surface area contributed by atoms with E-state index >= 15 is 0 Å². The highest BCUT2D eigenvalue weighted by molar-refractivity contribution is 7.61. The molecule has 3 heteroatoms. The third-order valence-electron chi connectivity index (χ3n) is 3.62. The zero-order chi connectivity index (χ0) is 14.7. The van der Waals surface area contributed by atoms with E-state index in [-0.39, 0.29) is 0 Å². The molecule has 0 amide bonds. The largest absolute Gasteiger partial charge is 0.464 e. The van der Waals surface area contributed by atoms with Crippen LogP contribution in [0.25, 0.3) is 0 Å². The number of hydrogen-bond donors (Lipinski definition) is 0. The molecule has 0 atom stereocenters. The van der Waals surface area contributed by atoms with E-state index in [2.05, 4.69) is 39.0 Å². The van der Waals surface area contributed by atoms with Crippen molar-refractivity contribution in [3.63, 3.8) is 0 Å². The molecule has 0 unspecified atom stereocenters. The van der Waals surface area contributed by atoms with Crippen LogP contribution in [0.5, 0.6) is 0 Å². The van der Waals surface area contributed by atoms with E-state index in [1.165, 1.54) is 50.8 Å². The Bertz CT molecular complexity index is 359. The molecule has 0 heterocycles. The Morgan fingerprint density at radius 1 is 1.05 bits per heavy atom. The van der Waals surface area contributed by atoms with Crippen LogP contribution in [0.3, 0.4) is 0 Å². The second-order valence-corrected chi connectivity index (χ2v) is 8.63. The van der Waals surface area contributed by atoms with Gasteiger partial charge in [-0.1, -0.05) is 52.2 Å². The maximum Gasteiger partial charge on any atom is 0.133 e. The Balaban J connectivity index is 2.81. The second kappa shape index (κ2) is 10.3. The van der Waals surface area contributed by atoms with Crippen molar-refractivity contribution in [2.75, 3.05) is 18.9 Å². The summed E-state index contributed by atoms with van der Waals surface area (Å²) in [5.74, 6) is 1.14. The van der Waals surface area contributed by atoms with Crippen molar-refractivity contribution in [2.24, 2.45) is 4.74 Å². The summed E-state index contributed by atoms with van der Waals surface area (Å²) in [6, 6.07) is 0. The van der Waals surface area contributed by atoms with Gasteiger partial charge in [-0.05, 0) is 25.3 Å². The number of hydrogen-bond acceptors (Lipinski definition) is 2. The van der Waals surface area contributed by atoms with Gasteiger partial charge in [-0.25, -0.2) is 0 Å². The van der Waals surface area contributed by atoms with Gasteiger partial charge in [0, 0.05) is 25.3 Å². The van der Waals surface area contributed by atoms with Gasteiger partial charge in [0.15, 0.2) is 0 Å². The van der Waals surface area contributed by atoms with Crippen LogP contribution in [0.4, 0.5) is 0 Å². The molecule has 0 radical (unpaired) electrons. The number of allylic oxidation sites excluding steroid dienone is 3. The van der Waals surface area contributed by atoms with Crippen LogP contribution < -0.4 is 0 Å². The summed E-state index contributed by atoms with van der Waals surface area (Å²) in [5, 5.41) is 0. The Kier molecular flexibility index (Phi) is 9.02.